The molecule has 36 heavy (non-hydrogen) atoms. The van der Waals surface area contributed by atoms with E-state index in [1.54, 1.807) is 12.4 Å². The van der Waals surface area contributed by atoms with Gasteiger partial charge in [-0.1, -0.05) is 32.9 Å². The second-order valence-corrected chi connectivity index (χ2v) is 15.9. The zero-order valence-electron chi connectivity index (χ0n) is 21.7. The van der Waals surface area contributed by atoms with Crippen molar-refractivity contribution in [3.05, 3.63) is 59.6 Å². The van der Waals surface area contributed by atoms with Gasteiger partial charge in [0.1, 0.15) is 0 Å². The van der Waals surface area contributed by atoms with Gasteiger partial charge in [0.15, 0.2) is 11.3 Å². The number of hydrogen-bond acceptors (Lipinski definition) is 7. The fraction of sp³-hybridized carbons (Fsp3) is 0.429. The monoisotopic (exact) mass is 505 g/mol. The molecular formula is C28H35N3O4Si. The lowest BCUT2D eigenvalue weighted by atomic mass is 9.93. The minimum Gasteiger partial charge on any atom is -0.449 e. The number of anilines is 2. The minimum absolute atomic E-state index is 0.0223. The van der Waals surface area contributed by atoms with Crippen LogP contribution in [0.4, 0.5) is 11.4 Å². The first-order chi connectivity index (χ1) is 17.1. The Kier molecular flexibility index (Phi) is 6.53. The number of furan rings is 1. The smallest absolute Gasteiger partial charge is 0.228 e. The van der Waals surface area contributed by atoms with Gasteiger partial charge in [0, 0.05) is 42.0 Å². The molecule has 1 aromatic carbocycles. The second kappa shape index (κ2) is 9.50. The van der Waals surface area contributed by atoms with Crippen LogP contribution in [0.3, 0.4) is 0 Å². The molecule has 1 saturated heterocycles. The lowest BCUT2D eigenvalue weighted by Gasteiger charge is -2.35. The van der Waals surface area contributed by atoms with Crippen molar-refractivity contribution in [3.8, 4) is 0 Å². The SMILES string of the molecule is CC(C)(C)[Si](C)(C)ONC1=CCc2cc(Nc3c(C(=O)C4CCOCC4)oc4cnccc34)ccc21. The van der Waals surface area contributed by atoms with E-state index in [2.05, 4.69) is 67.9 Å². The molecule has 0 saturated carbocycles. The van der Waals surface area contributed by atoms with Gasteiger partial charge in [0.05, 0.1) is 17.6 Å². The van der Waals surface area contributed by atoms with Crippen molar-refractivity contribution in [3.63, 3.8) is 0 Å². The van der Waals surface area contributed by atoms with Crippen molar-refractivity contribution in [1.29, 1.82) is 0 Å². The molecule has 2 aliphatic rings. The molecule has 0 amide bonds. The molecule has 0 unspecified atom stereocenters. The van der Waals surface area contributed by atoms with E-state index in [4.69, 9.17) is 13.7 Å². The Morgan fingerprint density at radius 2 is 1.94 bits per heavy atom. The molecule has 5 rings (SSSR count). The highest BCUT2D eigenvalue weighted by atomic mass is 28.4. The molecule has 1 aliphatic carbocycles. The van der Waals surface area contributed by atoms with Crippen LogP contribution in [-0.2, 0) is 15.7 Å². The third kappa shape index (κ3) is 4.73. The number of hydroxylamine groups is 1. The summed E-state index contributed by atoms with van der Waals surface area (Å²) in [6.07, 6.45) is 7.79. The van der Waals surface area contributed by atoms with Gasteiger partial charge < -0.3 is 19.0 Å². The average molecular weight is 506 g/mol. The fourth-order valence-corrected chi connectivity index (χ4v) is 5.07. The fourth-order valence-electron chi connectivity index (χ4n) is 4.40. The number of benzene rings is 1. The second-order valence-electron chi connectivity index (χ2n) is 11.2. The maximum Gasteiger partial charge on any atom is 0.228 e. The van der Waals surface area contributed by atoms with Crippen LogP contribution in [-0.4, -0.2) is 32.3 Å². The Balaban J connectivity index is 1.38. The topological polar surface area (TPSA) is 85.6 Å². The number of Topliss-reactive ketones (excluding diaryl/α,β-unsaturated/α-hetero) is 1. The predicted molar refractivity (Wildman–Crippen MR) is 145 cm³/mol. The first kappa shape index (κ1) is 24.7. The summed E-state index contributed by atoms with van der Waals surface area (Å²) in [4.78, 5) is 17.6. The van der Waals surface area contributed by atoms with Crippen molar-refractivity contribution >= 4 is 42.1 Å². The van der Waals surface area contributed by atoms with Crippen LogP contribution in [0.2, 0.25) is 18.1 Å². The van der Waals surface area contributed by atoms with E-state index in [0.717, 1.165) is 28.8 Å². The molecular weight excluding hydrogens is 470 g/mol. The Bertz CT molecular complexity index is 1320. The van der Waals surface area contributed by atoms with Crippen LogP contribution in [0.1, 0.15) is 55.3 Å². The van der Waals surface area contributed by atoms with Gasteiger partial charge in [0.25, 0.3) is 0 Å². The number of ether oxygens (including phenoxy) is 1. The molecule has 2 aromatic heterocycles. The molecule has 7 nitrogen and oxygen atoms in total. The van der Waals surface area contributed by atoms with Crippen LogP contribution in [0.25, 0.3) is 16.7 Å². The lowest BCUT2D eigenvalue weighted by Crippen LogP contribution is -2.44. The highest BCUT2D eigenvalue weighted by Crippen LogP contribution is 2.39. The van der Waals surface area contributed by atoms with Crippen LogP contribution in [0, 0.1) is 5.92 Å². The van der Waals surface area contributed by atoms with E-state index in [-0.39, 0.29) is 16.7 Å². The van der Waals surface area contributed by atoms with Crippen molar-refractivity contribution in [2.75, 3.05) is 18.5 Å². The Hall–Kier alpha value is -2.94. The van der Waals surface area contributed by atoms with Gasteiger partial charge >= 0.3 is 0 Å². The predicted octanol–water partition coefficient (Wildman–Crippen LogP) is 6.60. The lowest BCUT2D eigenvalue weighted by molar-refractivity contribution is 0.0529. The number of nitrogens with one attached hydrogen (secondary N) is 2. The number of nitrogens with zero attached hydrogens (tertiary/aromatic N) is 1. The van der Waals surface area contributed by atoms with Crippen molar-refractivity contribution in [2.45, 2.75) is 58.2 Å². The summed E-state index contributed by atoms with van der Waals surface area (Å²) in [5.74, 6) is 0.300. The molecule has 3 heterocycles. The number of rotatable bonds is 7. The summed E-state index contributed by atoms with van der Waals surface area (Å²) in [5.41, 5.74) is 8.83. The Morgan fingerprint density at radius 1 is 1.17 bits per heavy atom. The minimum atomic E-state index is -1.93. The zero-order valence-corrected chi connectivity index (χ0v) is 22.7. The molecule has 190 valence electrons. The molecule has 2 N–H and O–H groups in total. The van der Waals surface area contributed by atoms with E-state index in [1.165, 1.54) is 5.56 Å². The number of fused-ring (bicyclic) bond motifs is 2. The molecule has 0 radical (unpaired) electrons. The summed E-state index contributed by atoms with van der Waals surface area (Å²) in [6, 6.07) is 8.16. The largest absolute Gasteiger partial charge is 0.449 e. The summed E-state index contributed by atoms with van der Waals surface area (Å²) in [7, 11) is -1.93. The molecule has 3 aromatic rings. The van der Waals surface area contributed by atoms with E-state index in [0.29, 0.717) is 43.1 Å². The van der Waals surface area contributed by atoms with Crippen LogP contribution in [0.5, 0.6) is 0 Å². The van der Waals surface area contributed by atoms with Gasteiger partial charge in [-0.3, -0.25) is 15.3 Å². The highest BCUT2D eigenvalue weighted by Gasteiger charge is 2.38. The van der Waals surface area contributed by atoms with E-state index >= 15 is 0 Å². The summed E-state index contributed by atoms with van der Waals surface area (Å²) in [5, 5.41) is 4.47. The molecule has 0 bridgehead atoms. The third-order valence-corrected chi connectivity index (χ3v) is 11.9. The van der Waals surface area contributed by atoms with Crippen LogP contribution < -0.4 is 10.8 Å². The standard InChI is InChI=1S/C28H35N3O4Si/c1-28(2,3)36(4,5)35-31-23-9-6-19-16-20(7-8-21(19)23)30-25-22-10-13-29-17-24(22)34-27(25)26(32)18-11-14-33-15-12-18/h7-10,13,16-18,30-31H,6,11-12,14-15H2,1-5H3. The van der Waals surface area contributed by atoms with Gasteiger partial charge in [-0.2, -0.15) is 0 Å². The van der Waals surface area contributed by atoms with Crippen molar-refractivity contribution in [1.82, 2.24) is 10.5 Å². The van der Waals surface area contributed by atoms with Gasteiger partial charge in [-0.05, 0) is 61.2 Å². The summed E-state index contributed by atoms with van der Waals surface area (Å²) in [6.45, 7) is 12.4. The van der Waals surface area contributed by atoms with Gasteiger partial charge in [-0.15, -0.1) is 0 Å². The highest BCUT2D eigenvalue weighted by molar-refractivity contribution is 6.74. The van der Waals surface area contributed by atoms with Gasteiger partial charge in [-0.25, -0.2) is 0 Å². The van der Waals surface area contributed by atoms with Crippen LogP contribution in [0.15, 0.2) is 47.2 Å². The average Bonchev–Trinajstić information content (AvgIpc) is 3.43. The zero-order chi connectivity index (χ0) is 25.5. The van der Waals surface area contributed by atoms with Crippen molar-refractivity contribution in [2.24, 2.45) is 5.92 Å². The number of carbonyl (C=O) groups excluding carboxylic acids is 1. The first-order valence-corrected chi connectivity index (χ1v) is 15.6. The molecule has 0 atom stereocenters. The number of ketones is 1. The number of carbonyl (C=O) groups is 1. The maximum absolute atomic E-state index is 13.4. The van der Waals surface area contributed by atoms with E-state index in [1.807, 2.05) is 12.1 Å². The molecule has 1 aliphatic heterocycles. The summed E-state index contributed by atoms with van der Waals surface area (Å²) >= 11 is 0. The normalized spacial score (nSPS) is 16.6. The maximum atomic E-state index is 13.4. The molecule has 0 spiro atoms. The van der Waals surface area contributed by atoms with Crippen LogP contribution >= 0.6 is 0 Å². The summed E-state index contributed by atoms with van der Waals surface area (Å²) < 4.78 is 17.7. The Morgan fingerprint density at radius 3 is 2.69 bits per heavy atom. The number of allylic oxidation sites excluding steroid dienone is 1. The van der Waals surface area contributed by atoms with Crippen molar-refractivity contribution < 1.29 is 18.5 Å². The molecule has 1 fully saturated rings. The number of aromatic nitrogens is 1. The Labute approximate surface area is 213 Å². The third-order valence-electron chi connectivity index (χ3n) is 7.72. The number of hydrogen-bond donors (Lipinski definition) is 2. The molecule has 8 heteroatoms. The van der Waals surface area contributed by atoms with E-state index < -0.39 is 8.32 Å². The quantitative estimate of drug-likeness (QED) is 0.212. The number of pyridine rings is 1. The van der Waals surface area contributed by atoms with E-state index in [9.17, 15) is 4.79 Å². The first-order valence-electron chi connectivity index (χ1n) is 12.7. The van der Waals surface area contributed by atoms with Gasteiger partial charge in [0.2, 0.25) is 14.1 Å².